The van der Waals surface area contributed by atoms with E-state index in [-0.39, 0.29) is 9.09 Å². The summed E-state index contributed by atoms with van der Waals surface area (Å²) < 4.78 is 26.5. The molecule has 1 N–H and O–H groups in total. The Morgan fingerprint density at radius 1 is 1.29 bits per heavy atom. The molecule has 21 heavy (non-hydrogen) atoms. The van der Waals surface area contributed by atoms with Gasteiger partial charge >= 0.3 is 5.97 Å². The number of piperazine rings is 1. The molecule has 1 aromatic rings. The predicted octanol–water partition coefficient (Wildman–Crippen LogP) is 1.41. The minimum Gasteiger partial charge on any atom is -0.477 e. The first-order chi connectivity index (χ1) is 9.80. The number of nitrogens with zero attached hydrogens (tertiary/aromatic N) is 2. The topological polar surface area (TPSA) is 77.9 Å². The normalized spacial score (nSPS) is 18.2. The molecular weight excluding hydrogens is 312 g/mol. The monoisotopic (exact) mass is 332 g/mol. The molecule has 2 rings (SSSR count). The standard InChI is InChI=1S/C13H20N2O4S2/c1-10(2)9-14-5-7-15(8-6-14)21(18,19)12-4-3-11(20-12)13(16)17/h3-4,10H,5-9H2,1-2H3,(H,16,17). The predicted molar refractivity (Wildman–Crippen MR) is 81.3 cm³/mol. The summed E-state index contributed by atoms with van der Waals surface area (Å²) >= 11 is 0.810. The van der Waals surface area contributed by atoms with Gasteiger partial charge in [-0.1, -0.05) is 13.8 Å². The van der Waals surface area contributed by atoms with Gasteiger partial charge in [-0.05, 0) is 18.1 Å². The largest absolute Gasteiger partial charge is 0.477 e. The number of carboxylic acids is 1. The maximum absolute atomic E-state index is 12.5. The Bertz CT molecular complexity index is 601. The van der Waals surface area contributed by atoms with Crippen LogP contribution in [0, 0.1) is 5.92 Å². The van der Waals surface area contributed by atoms with E-state index in [4.69, 9.17) is 5.11 Å². The quantitative estimate of drug-likeness (QED) is 0.882. The lowest BCUT2D eigenvalue weighted by atomic mass is 10.2. The molecule has 1 fully saturated rings. The maximum Gasteiger partial charge on any atom is 0.345 e. The first kappa shape index (κ1) is 16.4. The second-order valence-electron chi connectivity index (χ2n) is 5.52. The van der Waals surface area contributed by atoms with Crippen molar-refractivity contribution in [1.82, 2.24) is 9.21 Å². The molecule has 8 heteroatoms. The van der Waals surface area contributed by atoms with E-state index in [9.17, 15) is 13.2 Å². The zero-order valence-electron chi connectivity index (χ0n) is 12.2. The van der Waals surface area contributed by atoms with Crippen molar-refractivity contribution in [2.75, 3.05) is 32.7 Å². The summed E-state index contributed by atoms with van der Waals surface area (Å²) in [6.45, 7) is 7.59. The molecule has 2 heterocycles. The third-order valence-electron chi connectivity index (χ3n) is 3.34. The summed E-state index contributed by atoms with van der Waals surface area (Å²) in [6.07, 6.45) is 0. The van der Waals surface area contributed by atoms with Crippen LogP contribution in [0.4, 0.5) is 0 Å². The Kier molecular flexibility index (Phi) is 5.03. The third-order valence-corrected chi connectivity index (χ3v) is 6.78. The van der Waals surface area contributed by atoms with Gasteiger partial charge < -0.3 is 10.0 Å². The molecule has 0 unspecified atom stereocenters. The second kappa shape index (κ2) is 6.43. The zero-order valence-corrected chi connectivity index (χ0v) is 13.8. The van der Waals surface area contributed by atoms with E-state index in [1.807, 2.05) is 0 Å². The smallest absolute Gasteiger partial charge is 0.345 e. The fourth-order valence-electron chi connectivity index (χ4n) is 2.37. The van der Waals surface area contributed by atoms with Crippen molar-refractivity contribution >= 4 is 27.3 Å². The Balaban J connectivity index is 2.05. The molecule has 6 nitrogen and oxygen atoms in total. The zero-order chi connectivity index (χ0) is 15.6. The van der Waals surface area contributed by atoms with Crippen LogP contribution in [0.2, 0.25) is 0 Å². The van der Waals surface area contributed by atoms with Crippen LogP contribution in [0.5, 0.6) is 0 Å². The van der Waals surface area contributed by atoms with Gasteiger partial charge in [-0.2, -0.15) is 4.31 Å². The lowest BCUT2D eigenvalue weighted by molar-refractivity contribution is 0.0702. The van der Waals surface area contributed by atoms with Crippen LogP contribution in [0.1, 0.15) is 23.5 Å². The average molecular weight is 332 g/mol. The van der Waals surface area contributed by atoms with E-state index in [1.165, 1.54) is 16.4 Å². The van der Waals surface area contributed by atoms with Crippen molar-refractivity contribution in [3.05, 3.63) is 17.0 Å². The number of carboxylic acid groups (broad SMARTS) is 1. The summed E-state index contributed by atoms with van der Waals surface area (Å²) in [5, 5.41) is 8.89. The molecular formula is C13H20N2O4S2. The van der Waals surface area contributed by atoms with Gasteiger partial charge in [0.2, 0.25) is 0 Å². The highest BCUT2D eigenvalue weighted by atomic mass is 32.2. The van der Waals surface area contributed by atoms with Gasteiger partial charge in [0.1, 0.15) is 9.09 Å². The van der Waals surface area contributed by atoms with E-state index >= 15 is 0 Å². The van der Waals surface area contributed by atoms with E-state index in [0.29, 0.717) is 32.1 Å². The van der Waals surface area contributed by atoms with E-state index in [2.05, 4.69) is 18.7 Å². The number of carbonyl (C=O) groups is 1. The van der Waals surface area contributed by atoms with Crippen molar-refractivity contribution < 1.29 is 18.3 Å². The van der Waals surface area contributed by atoms with Gasteiger partial charge in [0.05, 0.1) is 0 Å². The van der Waals surface area contributed by atoms with Gasteiger partial charge in [0.15, 0.2) is 0 Å². The molecule has 1 aliphatic rings. The number of thiophene rings is 1. The Morgan fingerprint density at radius 3 is 2.38 bits per heavy atom. The van der Waals surface area contributed by atoms with Gasteiger partial charge in [0, 0.05) is 32.7 Å². The summed E-state index contributed by atoms with van der Waals surface area (Å²) in [5.74, 6) is -0.535. The van der Waals surface area contributed by atoms with Gasteiger partial charge in [-0.25, -0.2) is 13.2 Å². The molecule has 0 amide bonds. The number of rotatable bonds is 5. The Labute approximate surface area is 129 Å². The number of hydrogen-bond donors (Lipinski definition) is 1. The van der Waals surface area contributed by atoms with Crippen molar-refractivity contribution in [3.8, 4) is 0 Å². The number of sulfonamides is 1. The highest BCUT2D eigenvalue weighted by Gasteiger charge is 2.30. The van der Waals surface area contributed by atoms with Crippen LogP contribution in [0.15, 0.2) is 16.3 Å². The Hall–Kier alpha value is -0.960. The lowest BCUT2D eigenvalue weighted by Gasteiger charge is -2.34. The molecule has 0 bridgehead atoms. The molecule has 0 radical (unpaired) electrons. The van der Waals surface area contributed by atoms with Crippen molar-refractivity contribution in [3.63, 3.8) is 0 Å². The van der Waals surface area contributed by atoms with E-state index in [0.717, 1.165) is 17.9 Å². The molecule has 0 aliphatic carbocycles. The molecule has 1 saturated heterocycles. The van der Waals surface area contributed by atoms with Crippen LogP contribution < -0.4 is 0 Å². The molecule has 0 atom stereocenters. The highest BCUT2D eigenvalue weighted by Crippen LogP contribution is 2.25. The van der Waals surface area contributed by atoms with Crippen LogP contribution in [-0.2, 0) is 10.0 Å². The van der Waals surface area contributed by atoms with E-state index < -0.39 is 16.0 Å². The number of aromatic carboxylic acids is 1. The van der Waals surface area contributed by atoms with Crippen LogP contribution in [0.25, 0.3) is 0 Å². The van der Waals surface area contributed by atoms with Crippen LogP contribution >= 0.6 is 11.3 Å². The minimum absolute atomic E-state index is 0.0482. The first-order valence-electron chi connectivity index (χ1n) is 6.86. The second-order valence-corrected chi connectivity index (χ2v) is 8.77. The molecule has 0 aromatic carbocycles. The summed E-state index contributed by atoms with van der Waals surface area (Å²) in [7, 11) is -3.56. The Morgan fingerprint density at radius 2 is 1.90 bits per heavy atom. The van der Waals surface area contributed by atoms with E-state index in [1.54, 1.807) is 0 Å². The van der Waals surface area contributed by atoms with Gasteiger partial charge in [-0.15, -0.1) is 11.3 Å². The fraction of sp³-hybridized carbons (Fsp3) is 0.615. The summed E-state index contributed by atoms with van der Waals surface area (Å²) in [4.78, 5) is 13.2. The maximum atomic E-state index is 12.5. The van der Waals surface area contributed by atoms with Crippen molar-refractivity contribution in [2.24, 2.45) is 5.92 Å². The fourth-order valence-corrected chi connectivity index (χ4v) is 5.09. The lowest BCUT2D eigenvalue weighted by Crippen LogP contribution is -2.49. The SMILES string of the molecule is CC(C)CN1CCN(S(=O)(=O)c2ccc(C(=O)O)s2)CC1. The van der Waals surface area contributed by atoms with Crippen LogP contribution in [0.3, 0.4) is 0 Å². The third kappa shape index (κ3) is 3.82. The van der Waals surface area contributed by atoms with Crippen LogP contribution in [-0.4, -0.2) is 61.4 Å². The number of hydrogen-bond acceptors (Lipinski definition) is 5. The summed E-state index contributed by atoms with van der Waals surface area (Å²) in [6, 6.07) is 2.72. The molecule has 1 aromatic heterocycles. The van der Waals surface area contributed by atoms with Crippen molar-refractivity contribution in [1.29, 1.82) is 0 Å². The molecule has 118 valence electrons. The van der Waals surface area contributed by atoms with Gasteiger partial charge in [0.25, 0.3) is 10.0 Å². The minimum atomic E-state index is -3.56. The first-order valence-corrected chi connectivity index (χ1v) is 9.12. The molecule has 0 saturated carbocycles. The molecule has 1 aliphatic heterocycles. The molecule has 0 spiro atoms. The van der Waals surface area contributed by atoms with Gasteiger partial charge in [-0.3, -0.25) is 0 Å². The average Bonchev–Trinajstić information content (AvgIpc) is 2.89. The summed E-state index contributed by atoms with van der Waals surface area (Å²) in [5.41, 5.74) is 0. The van der Waals surface area contributed by atoms with Crippen molar-refractivity contribution in [2.45, 2.75) is 18.1 Å². The highest BCUT2D eigenvalue weighted by molar-refractivity contribution is 7.91.